The molecule has 0 aromatic rings. The second kappa shape index (κ2) is 26.0. The van der Waals surface area contributed by atoms with Crippen molar-refractivity contribution >= 4 is 0 Å². The second-order valence-electron chi connectivity index (χ2n) is 19.8. The van der Waals surface area contributed by atoms with Crippen molar-refractivity contribution in [1.29, 1.82) is 0 Å². The van der Waals surface area contributed by atoms with E-state index in [0.29, 0.717) is 0 Å². The summed E-state index contributed by atoms with van der Waals surface area (Å²) in [5, 5.41) is 210. The molecule has 0 amide bonds. The van der Waals surface area contributed by atoms with Crippen molar-refractivity contribution in [3.05, 3.63) is 0 Å². The molecule has 0 aromatic heterocycles. The maximum atomic E-state index is 11.4. The van der Waals surface area contributed by atoms with E-state index in [0.717, 1.165) is 0 Å². The molecule has 35 atom stereocenters. The zero-order valence-corrected chi connectivity index (χ0v) is 40.5. The molecule has 0 spiro atoms. The highest BCUT2D eigenvalue weighted by Gasteiger charge is 2.59. The van der Waals surface area contributed by atoms with Gasteiger partial charge in [0.15, 0.2) is 44.0 Å². The maximum absolute atomic E-state index is 11.4. The zero-order valence-electron chi connectivity index (χ0n) is 40.5. The van der Waals surface area contributed by atoms with Gasteiger partial charge in [-0.1, -0.05) is 0 Å². The molecule has 14 bridgehead atoms. The quantitative estimate of drug-likeness (QED) is 0.113. The SMILES string of the molecule is NCC1OC2OC3C(CO)OC(OC4C(CO)OC(OC5C(CO)OC(OC6C(CN)OC(OC7C(CO)OC(OC8C(CO)OC(OC1C(O)C2O)C(O)C8O)C(O)C7O)C(O)C6O)C(O)C5O)C(O)C4O)C(O)C3O. The van der Waals surface area contributed by atoms with Crippen molar-refractivity contribution < 1.29 is 163 Å². The third-order valence-corrected chi connectivity index (χ3v) is 14.9. The van der Waals surface area contributed by atoms with E-state index in [1.54, 1.807) is 0 Å². The normalized spacial score (nSPS) is 55.4. The third-order valence-electron chi connectivity index (χ3n) is 14.9. The van der Waals surface area contributed by atoms with E-state index in [1.807, 2.05) is 0 Å². The van der Waals surface area contributed by atoms with Gasteiger partial charge in [-0.05, 0) is 0 Å². The highest BCUT2D eigenvalue weighted by atomic mass is 16.8. The van der Waals surface area contributed by atoms with Crippen LogP contribution in [-0.2, 0) is 66.3 Å². The lowest BCUT2D eigenvalue weighted by molar-refractivity contribution is -0.395. The molecule has 21 saturated heterocycles. The molecule has 77 heavy (non-hydrogen) atoms. The van der Waals surface area contributed by atoms with Gasteiger partial charge in [-0.15, -0.1) is 0 Å². The molecule has 0 aromatic carbocycles. The number of aliphatic hydroxyl groups excluding tert-OH is 19. The Morgan fingerprint density at radius 3 is 0.455 bits per heavy atom. The van der Waals surface area contributed by atoms with Crippen LogP contribution >= 0.6 is 0 Å². The lowest BCUT2D eigenvalue weighted by Crippen LogP contribution is -2.68. The van der Waals surface area contributed by atoms with Gasteiger partial charge in [0, 0.05) is 13.1 Å². The molecule has 448 valence electrons. The van der Waals surface area contributed by atoms with Crippen LogP contribution in [0.2, 0.25) is 0 Å². The van der Waals surface area contributed by atoms with Crippen molar-refractivity contribution in [2.45, 2.75) is 215 Å². The first-order valence-corrected chi connectivity index (χ1v) is 24.8. The number of rotatable bonds is 7. The van der Waals surface area contributed by atoms with Gasteiger partial charge in [0.2, 0.25) is 0 Å². The fourth-order valence-electron chi connectivity index (χ4n) is 10.5. The van der Waals surface area contributed by atoms with Gasteiger partial charge in [-0.3, -0.25) is 0 Å². The standard InChI is InChI=1S/C42H72N2O33/c43-1-8-29-16(51)23(58)37(65-8)74-32-11(4-46)69-41(27(62)20(32)55)77-35-14(7-49)70-42(28(63)21(35)56)76-34-13(6-48)67-39(25(60)18(34)53)72-30-9(2-44)64-36(22(57)15(30)50)73-31-10(3-45)68-40(26(61)19(31)54)75-33-12(5-47)66-38(71-29)24(59)17(33)52/h8-42,45-63H,1-7,43-44H2. The van der Waals surface area contributed by atoms with E-state index in [1.165, 1.54) is 0 Å². The molecular formula is C42H72N2O33. The van der Waals surface area contributed by atoms with Gasteiger partial charge >= 0.3 is 0 Å². The monoisotopic (exact) mass is 1130 g/mol. The molecule has 21 heterocycles. The number of hydrogen-bond acceptors (Lipinski definition) is 35. The Morgan fingerprint density at radius 2 is 0.325 bits per heavy atom. The highest BCUT2D eigenvalue weighted by Crippen LogP contribution is 2.39. The molecule has 35 nitrogen and oxygen atoms in total. The molecule has 35 heteroatoms. The van der Waals surface area contributed by atoms with E-state index in [4.69, 9.17) is 77.8 Å². The molecule has 21 aliphatic heterocycles. The molecule has 0 aliphatic carbocycles. The van der Waals surface area contributed by atoms with Gasteiger partial charge in [-0.2, -0.15) is 0 Å². The van der Waals surface area contributed by atoms with E-state index >= 15 is 0 Å². The Bertz CT molecular complexity index is 1480. The molecule has 21 aliphatic rings. The minimum absolute atomic E-state index is 0.541. The summed E-state index contributed by atoms with van der Waals surface area (Å²) in [6.45, 7) is -6.17. The second-order valence-corrected chi connectivity index (χ2v) is 19.8. The Morgan fingerprint density at radius 1 is 0.195 bits per heavy atom. The molecule has 35 unspecified atom stereocenters. The summed E-state index contributed by atoms with van der Waals surface area (Å²) in [5.41, 5.74) is 11.9. The van der Waals surface area contributed by atoms with Crippen molar-refractivity contribution in [3.63, 3.8) is 0 Å². The fourth-order valence-corrected chi connectivity index (χ4v) is 10.5. The van der Waals surface area contributed by atoms with Crippen LogP contribution in [0.4, 0.5) is 0 Å². The van der Waals surface area contributed by atoms with Crippen LogP contribution in [0.15, 0.2) is 0 Å². The minimum Gasteiger partial charge on any atom is -0.394 e. The largest absolute Gasteiger partial charge is 0.394 e. The minimum atomic E-state index is -2.18. The Hall–Kier alpha value is -1.40. The lowest BCUT2D eigenvalue weighted by atomic mass is 9.95. The van der Waals surface area contributed by atoms with Gasteiger partial charge in [0.05, 0.1) is 33.0 Å². The Balaban J connectivity index is 1.08. The zero-order chi connectivity index (χ0) is 56.1. The van der Waals surface area contributed by atoms with Crippen LogP contribution in [0, 0.1) is 0 Å². The Labute approximate surface area is 435 Å². The number of aliphatic hydroxyl groups is 19. The van der Waals surface area contributed by atoms with Gasteiger partial charge < -0.3 is 175 Å². The summed E-state index contributed by atoms with van der Waals surface area (Å²) in [7, 11) is 0. The first-order valence-electron chi connectivity index (χ1n) is 24.8. The van der Waals surface area contributed by atoms with E-state index in [9.17, 15) is 97.0 Å². The molecule has 21 rings (SSSR count). The van der Waals surface area contributed by atoms with Crippen LogP contribution in [0.3, 0.4) is 0 Å². The lowest BCUT2D eigenvalue weighted by Gasteiger charge is -2.50. The van der Waals surface area contributed by atoms with Crippen LogP contribution < -0.4 is 11.5 Å². The van der Waals surface area contributed by atoms with Crippen LogP contribution in [0.1, 0.15) is 0 Å². The predicted molar refractivity (Wildman–Crippen MR) is 232 cm³/mol. The van der Waals surface area contributed by atoms with Crippen LogP contribution in [0.25, 0.3) is 0 Å². The molecule has 21 fully saturated rings. The average molecular weight is 1130 g/mol. The molecular weight excluding hydrogens is 1060 g/mol. The number of ether oxygens (including phenoxy) is 14. The van der Waals surface area contributed by atoms with E-state index < -0.39 is 261 Å². The van der Waals surface area contributed by atoms with Gasteiger partial charge in [0.25, 0.3) is 0 Å². The summed E-state index contributed by atoms with van der Waals surface area (Å²) < 4.78 is 80.3. The summed E-state index contributed by atoms with van der Waals surface area (Å²) in [6, 6.07) is 0. The van der Waals surface area contributed by atoms with E-state index in [2.05, 4.69) is 0 Å². The van der Waals surface area contributed by atoms with Crippen LogP contribution in [0.5, 0.6) is 0 Å². The van der Waals surface area contributed by atoms with Gasteiger partial charge in [0.1, 0.15) is 171 Å². The number of nitrogens with two attached hydrogens (primary N) is 2. The predicted octanol–water partition coefficient (Wildman–Crippen LogP) is -15.3. The summed E-state index contributed by atoms with van der Waals surface area (Å²) in [4.78, 5) is 0. The molecule has 23 N–H and O–H groups in total. The van der Waals surface area contributed by atoms with Crippen molar-refractivity contribution in [2.24, 2.45) is 11.5 Å². The number of hydrogen-bond donors (Lipinski definition) is 21. The fraction of sp³-hybridized carbons (Fsp3) is 1.00. The smallest absolute Gasteiger partial charge is 0.187 e. The topological polar surface area (TPSA) is 566 Å². The van der Waals surface area contributed by atoms with E-state index in [-0.39, 0.29) is 0 Å². The van der Waals surface area contributed by atoms with Crippen molar-refractivity contribution in [1.82, 2.24) is 0 Å². The average Bonchev–Trinajstić information content (AvgIpc) is 3.47. The summed E-state index contributed by atoms with van der Waals surface area (Å²) in [6.07, 6.45) is -68.1. The molecule has 0 radical (unpaired) electrons. The summed E-state index contributed by atoms with van der Waals surface area (Å²) >= 11 is 0. The van der Waals surface area contributed by atoms with Crippen LogP contribution in [-0.4, -0.2) is 358 Å². The first-order chi connectivity index (χ1) is 36.7. The molecule has 0 saturated carbocycles. The highest BCUT2D eigenvalue weighted by molar-refractivity contribution is 5.02. The van der Waals surface area contributed by atoms with Crippen molar-refractivity contribution in [2.75, 3.05) is 46.1 Å². The Kier molecular flexibility index (Phi) is 20.8. The maximum Gasteiger partial charge on any atom is 0.187 e. The third kappa shape index (κ3) is 12.1. The summed E-state index contributed by atoms with van der Waals surface area (Å²) in [5.74, 6) is 0. The van der Waals surface area contributed by atoms with Gasteiger partial charge in [-0.25, -0.2) is 0 Å². The first kappa shape index (κ1) is 61.7. The van der Waals surface area contributed by atoms with Crippen molar-refractivity contribution in [3.8, 4) is 0 Å².